The maximum Gasteiger partial charge on any atom is 1.00 e. The maximum atomic E-state index is 5.41. The van der Waals surface area contributed by atoms with Gasteiger partial charge in [-0.15, -0.1) is 5.38 Å². The van der Waals surface area contributed by atoms with E-state index in [0.717, 1.165) is 18.1 Å². The fourth-order valence-corrected chi connectivity index (χ4v) is 2.60. The van der Waals surface area contributed by atoms with Gasteiger partial charge in [-0.05, 0) is 19.3 Å². The molecule has 0 aromatic carbocycles. The SMILES string of the molecule is S=C(c1cc[c-]s1)N1CCCCC1.[Li+]. The van der Waals surface area contributed by atoms with Crippen molar-refractivity contribution in [1.29, 1.82) is 0 Å². The Morgan fingerprint density at radius 3 is 2.64 bits per heavy atom. The van der Waals surface area contributed by atoms with E-state index in [2.05, 4.69) is 16.3 Å². The summed E-state index contributed by atoms with van der Waals surface area (Å²) in [5.74, 6) is 0. The summed E-state index contributed by atoms with van der Waals surface area (Å²) in [6, 6.07) is 4.00. The van der Waals surface area contributed by atoms with Gasteiger partial charge >= 0.3 is 18.9 Å². The third kappa shape index (κ3) is 2.84. The Balaban J connectivity index is 0.000000980. The molecule has 0 radical (unpaired) electrons. The van der Waals surface area contributed by atoms with Crippen molar-refractivity contribution >= 4 is 28.5 Å². The van der Waals surface area contributed by atoms with E-state index in [-0.39, 0.29) is 18.9 Å². The third-order valence-electron chi connectivity index (χ3n) is 2.33. The Morgan fingerprint density at radius 1 is 1.36 bits per heavy atom. The summed E-state index contributed by atoms with van der Waals surface area (Å²) in [5.41, 5.74) is 0. The summed E-state index contributed by atoms with van der Waals surface area (Å²) >= 11 is 7.03. The van der Waals surface area contributed by atoms with Gasteiger partial charge in [-0.1, -0.05) is 17.1 Å². The molecule has 1 nitrogen and oxygen atoms in total. The molecule has 1 saturated heterocycles. The van der Waals surface area contributed by atoms with Crippen LogP contribution in [-0.4, -0.2) is 23.0 Å². The number of thiophene rings is 1. The first-order valence-electron chi connectivity index (χ1n) is 4.63. The van der Waals surface area contributed by atoms with Gasteiger partial charge in [0.2, 0.25) is 0 Å². The Bertz CT molecular complexity index is 278. The van der Waals surface area contributed by atoms with Gasteiger partial charge in [0.15, 0.2) is 0 Å². The van der Waals surface area contributed by atoms with Crippen molar-refractivity contribution in [3.8, 4) is 0 Å². The van der Waals surface area contributed by atoms with Gasteiger partial charge in [-0.3, -0.25) is 11.3 Å². The fourth-order valence-electron chi connectivity index (χ4n) is 1.61. The number of thiocarbonyl (C=S) groups is 1. The van der Waals surface area contributed by atoms with Crippen LogP contribution in [-0.2, 0) is 0 Å². The summed E-state index contributed by atoms with van der Waals surface area (Å²) < 4.78 is 0. The van der Waals surface area contributed by atoms with Crippen LogP contribution in [0.1, 0.15) is 24.1 Å². The van der Waals surface area contributed by atoms with Crippen LogP contribution >= 0.6 is 23.6 Å². The van der Waals surface area contributed by atoms with Crippen LogP contribution < -0.4 is 18.9 Å². The van der Waals surface area contributed by atoms with E-state index in [0.29, 0.717) is 0 Å². The van der Waals surface area contributed by atoms with Crippen LogP contribution in [0.5, 0.6) is 0 Å². The molecular weight excluding hydrogens is 205 g/mol. The molecule has 4 heteroatoms. The van der Waals surface area contributed by atoms with E-state index in [1.54, 1.807) is 11.3 Å². The molecule has 14 heavy (non-hydrogen) atoms. The Hall–Kier alpha value is 0.187. The quantitative estimate of drug-likeness (QED) is 0.361. The van der Waals surface area contributed by atoms with Crippen molar-refractivity contribution < 1.29 is 18.9 Å². The Kier molecular flexibility index (Phi) is 5.18. The van der Waals surface area contributed by atoms with Crippen LogP contribution in [0.25, 0.3) is 0 Å². The molecule has 0 spiro atoms. The Labute approximate surface area is 107 Å². The van der Waals surface area contributed by atoms with Crippen molar-refractivity contribution in [2.24, 2.45) is 0 Å². The minimum Gasteiger partial charge on any atom is -0.372 e. The van der Waals surface area contributed by atoms with Crippen LogP contribution in [0.2, 0.25) is 0 Å². The van der Waals surface area contributed by atoms with Crippen LogP contribution in [0, 0.1) is 5.38 Å². The molecular formula is C10H12LiNS2. The zero-order valence-electron chi connectivity index (χ0n) is 8.45. The molecule has 2 rings (SSSR count). The molecule has 0 atom stereocenters. The molecule has 1 fully saturated rings. The zero-order chi connectivity index (χ0) is 9.10. The molecule has 0 N–H and O–H groups in total. The predicted octanol–water partition coefficient (Wildman–Crippen LogP) is -0.286. The van der Waals surface area contributed by atoms with Gasteiger partial charge < -0.3 is 4.90 Å². The second-order valence-electron chi connectivity index (χ2n) is 3.27. The van der Waals surface area contributed by atoms with Gasteiger partial charge in [-0.25, -0.2) is 0 Å². The minimum atomic E-state index is 0. The smallest absolute Gasteiger partial charge is 0.372 e. The molecule has 0 saturated carbocycles. The van der Waals surface area contributed by atoms with E-state index < -0.39 is 0 Å². The predicted molar refractivity (Wildman–Crippen MR) is 60.3 cm³/mol. The van der Waals surface area contributed by atoms with E-state index in [9.17, 15) is 0 Å². The maximum absolute atomic E-state index is 5.41. The van der Waals surface area contributed by atoms with Crippen molar-refractivity contribution in [3.63, 3.8) is 0 Å². The van der Waals surface area contributed by atoms with Crippen molar-refractivity contribution in [3.05, 3.63) is 22.4 Å². The van der Waals surface area contributed by atoms with Gasteiger partial charge in [0, 0.05) is 13.1 Å². The number of hydrogen-bond donors (Lipinski definition) is 0. The normalized spacial score (nSPS) is 16.1. The second-order valence-corrected chi connectivity index (χ2v) is 4.54. The minimum absolute atomic E-state index is 0. The standard InChI is InChI=1S/C10H12NS2.Li/c12-10(9-5-4-8-13-9)11-6-2-1-3-7-11;/h4-5H,1-3,6-7H2;/q-1;+1. The first-order chi connectivity index (χ1) is 6.38. The number of likely N-dealkylation sites (tertiary alicyclic amines) is 1. The summed E-state index contributed by atoms with van der Waals surface area (Å²) in [6.07, 6.45) is 3.93. The molecule has 1 aliphatic rings. The van der Waals surface area contributed by atoms with Crippen molar-refractivity contribution in [1.82, 2.24) is 4.90 Å². The first kappa shape index (κ1) is 12.3. The van der Waals surface area contributed by atoms with Crippen LogP contribution in [0.3, 0.4) is 0 Å². The van der Waals surface area contributed by atoms with Gasteiger partial charge in [-0.2, -0.15) is 12.1 Å². The Morgan fingerprint density at radius 2 is 2.07 bits per heavy atom. The van der Waals surface area contributed by atoms with Crippen molar-refractivity contribution in [2.75, 3.05) is 13.1 Å². The molecule has 2 heterocycles. The second kappa shape index (κ2) is 5.92. The molecule has 0 unspecified atom stereocenters. The first-order valence-corrected chi connectivity index (χ1v) is 5.85. The average molecular weight is 217 g/mol. The summed E-state index contributed by atoms with van der Waals surface area (Å²) in [6.45, 7) is 2.27. The number of hydrogen-bond acceptors (Lipinski definition) is 2. The topological polar surface area (TPSA) is 3.24 Å². The number of nitrogens with zero attached hydrogens (tertiary/aromatic N) is 1. The molecule has 1 aromatic rings. The molecule has 0 amide bonds. The van der Waals surface area contributed by atoms with Crippen molar-refractivity contribution in [2.45, 2.75) is 19.3 Å². The molecule has 0 bridgehead atoms. The van der Waals surface area contributed by atoms with Gasteiger partial charge in [0.25, 0.3) is 0 Å². The number of rotatable bonds is 1. The van der Waals surface area contributed by atoms with Gasteiger partial charge in [0.1, 0.15) is 0 Å². The summed E-state index contributed by atoms with van der Waals surface area (Å²) in [5, 5.41) is 3.08. The van der Waals surface area contributed by atoms with E-state index in [4.69, 9.17) is 12.2 Å². The largest absolute Gasteiger partial charge is 1.00 e. The monoisotopic (exact) mass is 217 g/mol. The zero-order valence-corrected chi connectivity index (χ0v) is 10.1. The molecule has 1 aromatic heterocycles. The molecule has 0 aliphatic carbocycles. The number of piperidine rings is 1. The van der Waals surface area contributed by atoms with E-state index in [1.165, 1.54) is 24.1 Å². The molecule has 70 valence electrons. The van der Waals surface area contributed by atoms with Crippen LogP contribution in [0.15, 0.2) is 12.1 Å². The van der Waals surface area contributed by atoms with Gasteiger partial charge in [0.05, 0.1) is 4.99 Å². The fraction of sp³-hybridized carbons (Fsp3) is 0.500. The third-order valence-corrected chi connectivity index (χ3v) is 3.74. The van der Waals surface area contributed by atoms with Crippen LogP contribution in [0.4, 0.5) is 0 Å². The summed E-state index contributed by atoms with van der Waals surface area (Å²) in [7, 11) is 0. The van der Waals surface area contributed by atoms with E-state index in [1.807, 2.05) is 6.07 Å². The summed E-state index contributed by atoms with van der Waals surface area (Å²) in [4.78, 5) is 4.53. The molecule has 1 aliphatic heterocycles. The average Bonchev–Trinajstić information content (AvgIpc) is 2.71. The van der Waals surface area contributed by atoms with E-state index >= 15 is 0 Å².